The smallest absolute Gasteiger partial charge is 0.161 e. The minimum atomic E-state index is -0.0209. The SMILES string of the molecule is CCc1cc(NC(C)c2ncn[nH]2)nc(-c2ccncc2)n1. The van der Waals surface area contributed by atoms with Crippen LogP contribution in [0, 0.1) is 0 Å². The number of pyridine rings is 1. The molecule has 0 aliphatic rings. The van der Waals surface area contributed by atoms with Gasteiger partial charge in [0.25, 0.3) is 0 Å². The zero-order valence-electron chi connectivity index (χ0n) is 12.5. The molecule has 3 aromatic rings. The van der Waals surface area contributed by atoms with Crippen molar-refractivity contribution in [2.75, 3.05) is 5.32 Å². The van der Waals surface area contributed by atoms with E-state index >= 15 is 0 Å². The molecule has 0 fully saturated rings. The summed E-state index contributed by atoms with van der Waals surface area (Å²) in [6, 6.07) is 5.74. The normalized spacial score (nSPS) is 12.1. The Morgan fingerprint density at radius 1 is 1.23 bits per heavy atom. The van der Waals surface area contributed by atoms with Crippen molar-refractivity contribution in [2.45, 2.75) is 26.3 Å². The van der Waals surface area contributed by atoms with Crippen molar-refractivity contribution in [2.24, 2.45) is 0 Å². The summed E-state index contributed by atoms with van der Waals surface area (Å²) in [4.78, 5) is 17.3. The van der Waals surface area contributed by atoms with Crippen LogP contribution in [0.1, 0.15) is 31.4 Å². The Balaban J connectivity index is 1.91. The minimum absolute atomic E-state index is 0.0209. The van der Waals surface area contributed by atoms with Crippen LogP contribution in [0.2, 0.25) is 0 Å². The van der Waals surface area contributed by atoms with Crippen LogP contribution in [0.5, 0.6) is 0 Å². The number of hydrogen-bond acceptors (Lipinski definition) is 6. The van der Waals surface area contributed by atoms with Crippen molar-refractivity contribution in [3.8, 4) is 11.4 Å². The van der Waals surface area contributed by atoms with Crippen molar-refractivity contribution in [1.82, 2.24) is 30.1 Å². The molecular weight excluding hydrogens is 278 g/mol. The summed E-state index contributed by atoms with van der Waals surface area (Å²) in [5, 5.41) is 10.1. The van der Waals surface area contributed by atoms with Gasteiger partial charge >= 0.3 is 0 Å². The first-order chi connectivity index (χ1) is 10.8. The highest BCUT2D eigenvalue weighted by Crippen LogP contribution is 2.20. The fourth-order valence-corrected chi connectivity index (χ4v) is 2.10. The number of hydrogen-bond donors (Lipinski definition) is 2. The maximum atomic E-state index is 4.59. The minimum Gasteiger partial charge on any atom is -0.360 e. The van der Waals surface area contributed by atoms with Crippen molar-refractivity contribution in [1.29, 1.82) is 0 Å². The first-order valence-electron chi connectivity index (χ1n) is 7.16. The Morgan fingerprint density at radius 3 is 2.73 bits per heavy atom. The van der Waals surface area contributed by atoms with Gasteiger partial charge in [-0.2, -0.15) is 5.10 Å². The summed E-state index contributed by atoms with van der Waals surface area (Å²) < 4.78 is 0. The average Bonchev–Trinajstić information content (AvgIpc) is 3.10. The molecule has 2 N–H and O–H groups in total. The number of nitrogens with one attached hydrogen (secondary N) is 2. The molecule has 0 radical (unpaired) electrons. The molecule has 0 amide bonds. The van der Waals surface area contributed by atoms with Gasteiger partial charge in [-0.1, -0.05) is 6.92 Å². The summed E-state index contributed by atoms with van der Waals surface area (Å²) in [7, 11) is 0. The van der Waals surface area contributed by atoms with E-state index in [1.165, 1.54) is 6.33 Å². The molecule has 1 atom stereocenters. The first-order valence-corrected chi connectivity index (χ1v) is 7.16. The van der Waals surface area contributed by atoms with E-state index in [0.29, 0.717) is 5.82 Å². The molecule has 0 saturated carbocycles. The predicted molar refractivity (Wildman–Crippen MR) is 83.1 cm³/mol. The van der Waals surface area contributed by atoms with E-state index in [1.807, 2.05) is 25.1 Å². The van der Waals surface area contributed by atoms with Crippen molar-refractivity contribution in [3.63, 3.8) is 0 Å². The van der Waals surface area contributed by atoms with Gasteiger partial charge in [0, 0.05) is 29.7 Å². The molecule has 3 rings (SSSR count). The average molecular weight is 295 g/mol. The van der Waals surface area contributed by atoms with Crippen molar-refractivity contribution < 1.29 is 0 Å². The maximum Gasteiger partial charge on any atom is 0.161 e. The Hall–Kier alpha value is -2.83. The fraction of sp³-hybridized carbons (Fsp3) is 0.267. The predicted octanol–water partition coefficient (Wildman–Crippen LogP) is 2.39. The lowest BCUT2D eigenvalue weighted by molar-refractivity contribution is 0.788. The van der Waals surface area contributed by atoms with Gasteiger partial charge in [-0.15, -0.1) is 0 Å². The second kappa shape index (κ2) is 6.30. The zero-order chi connectivity index (χ0) is 15.4. The van der Waals surface area contributed by atoms with Gasteiger partial charge in [0.1, 0.15) is 18.0 Å². The number of rotatable bonds is 5. The molecule has 22 heavy (non-hydrogen) atoms. The summed E-state index contributed by atoms with van der Waals surface area (Å²) in [5.41, 5.74) is 1.93. The van der Waals surface area contributed by atoms with Gasteiger partial charge < -0.3 is 5.32 Å². The molecule has 3 aromatic heterocycles. The topological polar surface area (TPSA) is 92.3 Å². The molecule has 0 aliphatic heterocycles. The van der Waals surface area contributed by atoms with E-state index in [0.717, 1.165) is 29.3 Å². The van der Waals surface area contributed by atoms with Crippen LogP contribution < -0.4 is 5.32 Å². The highest BCUT2D eigenvalue weighted by Gasteiger charge is 2.11. The lowest BCUT2D eigenvalue weighted by Crippen LogP contribution is -2.11. The van der Waals surface area contributed by atoms with Crippen LogP contribution in [0.4, 0.5) is 5.82 Å². The number of anilines is 1. The summed E-state index contributed by atoms with van der Waals surface area (Å²) in [6.45, 7) is 4.07. The Kier molecular flexibility index (Phi) is 4.04. The molecule has 7 heteroatoms. The molecular formula is C15H17N7. The third-order valence-corrected chi connectivity index (χ3v) is 3.29. The van der Waals surface area contributed by atoms with Crippen LogP contribution in [0.3, 0.4) is 0 Å². The number of aromatic nitrogens is 6. The van der Waals surface area contributed by atoms with Gasteiger partial charge in [0.05, 0.1) is 6.04 Å². The Morgan fingerprint density at radius 2 is 2.05 bits per heavy atom. The van der Waals surface area contributed by atoms with Crippen molar-refractivity contribution in [3.05, 3.63) is 48.4 Å². The van der Waals surface area contributed by atoms with E-state index in [9.17, 15) is 0 Å². The Bertz CT molecular complexity index is 725. The second-order valence-electron chi connectivity index (χ2n) is 4.89. The molecule has 0 aromatic carbocycles. The first kappa shape index (κ1) is 14.1. The van der Waals surface area contributed by atoms with Crippen LogP contribution in [-0.2, 0) is 6.42 Å². The monoisotopic (exact) mass is 295 g/mol. The number of aromatic amines is 1. The second-order valence-corrected chi connectivity index (χ2v) is 4.89. The van der Waals surface area contributed by atoms with Crippen LogP contribution in [0.25, 0.3) is 11.4 Å². The van der Waals surface area contributed by atoms with Crippen LogP contribution in [0.15, 0.2) is 36.9 Å². The lowest BCUT2D eigenvalue weighted by atomic mass is 10.2. The summed E-state index contributed by atoms with van der Waals surface area (Å²) in [6.07, 6.45) is 5.81. The lowest BCUT2D eigenvalue weighted by Gasteiger charge is -2.13. The van der Waals surface area contributed by atoms with Gasteiger partial charge in [-0.25, -0.2) is 15.0 Å². The van der Waals surface area contributed by atoms with Crippen LogP contribution >= 0.6 is 0 Å². The molecule has 3 heterocycles. The highest BCUT2D eigenvalue weighted by atomic mass is 15.2. The van der Waals surface area contributed by atoms with E-state index in [2.05, 4.69) is 42.4 Å². The third-order valence-electron chi connectivity index (χ3n) is 3.29. The molecule has 0 spiro atoms. The van der Waals surface area contributed by atoms with Gasteiger partial charge in [-0.05, 0) is 25.5 Å². The quantitative estimate of drug-likeness (QED) is 0.751. The molecule has 1 unspecified atom stereocenters. The highest BCUT2D eigenvalue weighted by molar-refractivity contribution is 5.57. The van der Waals surface area contributed by atoms with Crippen LogP contribution in [-0.4, -0.2) is 30.1 Å². The molecule has 0 aliphatic carbocycles. The van der Waals surface area contributed by atoms with Gasteiger partial charge in [-0.3, -0.25) is 10.1 Å². The largest absolute Gasteiger partial charge is 0.360 e. The van der Waals surface area contributed by atoms with E-state index in [4.69, 9.17) is 0 Å². The number of nitrogens with zero attached hydrogens (tertiary/aromatic N) is 5. The fourth-order valence-electron chi connectivity index (χ4n) is 2.10. The van der Waals surface area contributed by atoms with Crippen molar-refractivity contribution >= 4 is 5.82 Å². The van der Waals surface area contributed by atoms with E-state index in [-0.39, 0.29) is 6.04 Å². The maximum absolute atomic E-state index is 4.59. The number of H-pyrrole nitrogens is 1. The summed E-state index contributed by atoms with van der Waals surface area (Å²) in [5.74, 6) is 2.22. The number of aryl methyl sites for hydroxylation is 1. The molecule has 0 bridgehead atoms. The van der Waals surface area contributed by atoms with Gasteiger partial charge in [0.15, 0.2) is 5.82 Å². The zero-order valence-corrected chi connectivity index (χ0v) is 12.5. The summed E-state index contributed by atoms with van der Waals surface area (Å²) >= 11 is 0. The molecule has 112 valence electrons. The third kappa shape index (κ3) is 3.08. The standard InChI is InChI=1S/C15H17N7/c1-3-12-8-13(19-10(2)14-17-9-18-22-14)21-15(20-12)11-4-6-16-7-5-11/h4-10H,3H2,1-2H3,(H,17,18,22)(H,19,20,21). The van der Waals surface area contributed by atoms with Gasteiger partial charge in [0.2, 0.25) is 0 Å². The molecule has 0 saturated heterocycles. The molecule has 7 nitrogen and oxygen atoms in total. The van der Waals surface area contributed by atoms with E-state index < -0.39 is 0 Å². The Labute approximate surface area is 128 Å². The van der Waals surface area contributed by atoms with E-state index in [1.54, 1.807) is 12.4 Å².